The van der Waals surface area contributed by atoms with E-state index in [2.05, 4.69) is 14.7 Å². The van der Waals surface area contributed by atoms with Crippen molar-refractivity contribution in [2.24, 2.45) is 0 Å². The molecule has 0 aromatic carbocycles. The van der Waals surface area contributed by atoms with Gasteiger partial charge in [0.2, 0.25) is 0 Å². The van der Waals surface area contributed by atoms with E-state index < -0.39 is 10.0 Å². The normalized spacial score (nSPS) is 11.2. The Labute approximate surface area is 105 Å². The van der Waals surface area contributed by atoms with Gasteiger partial charge < -0.3 is 5.73 Å². The van der Waals surface area contributed by atoms with Gasteiger partial charge in [0.15, 0.2) is 5.03 Å². The van der Waals surface area contributed by atoms with Gasteiger partial charge in [0.05, 0.1) is 5.69 Å². The fourth-order valence-corrected chi connectivity index (χ4v) is 2.48. The molecule has 0 aliphatic carbocycles. The lowest BCUT2D eigenvalue weighted by molar-refractivity contribution is 0.598. The molecule has 2 heterocycles. The number of rotatable bonds is 3. The number of nitrogens with zero attached hydrogens (tertiary/aromatic N) is 2. The van der Waals surface area contributed by atoms with Gasteiger partial charge in [0.1, 0.15) is 5.82 Å². The molecule has 6 nitrogen and oxygen atoms in total. The van der Waals surface area contributed by atoms with Crippen molar-refractivity contribution in [3.8, 4) is 0 Å². The number of aryl methyl sites for hydroxylation is 1. The van der Waals surface area contributed by atoms with E-state index in [0.717, 1.165) is 0 Å². The second-order valence-electron chi connectivity index (χ2n) is 3.67. The molecular formula is C11H12N4O2S. The maximum atomic E-state index is 12.0. The lowest BCUT2D eigenvalue weighted by Gasteiger charge is -2.08. The summed E-state index contributed by atoms with van der Waals surface area (Å²) < 4.78 is 26.4. The number of hydrogen-bond donors (Lipinski definition) is 2. The summed E-state index contributed by atoms with van der Waals surface area (Å²) in [6.45, 7) is 1.77. The molecule has 0 fully saturated rings. The van der Waals surface area contributed by atoms with Gasteiger partial charge in [-0.05, 0) is 31.2 Å². The lowest BCUT2D eigenvalue weighted by Crippen LogP contribution is -2.17. The molecule has 0 saturated heterocycles. The molecule has 0 amide bonds. The second-order valence-corrected chi connectivity index (χ2v) is 5.27. The molecule has 7 heteroatoms. The fourth-order valence-electron chi connectivity index (χ4n) is 1.41. The van der Waals surface area contributed by atoms with E-state index in [0.29, 0.717) is 5.69 Å². The van der Waals surface area contributed by atoms with Crippen molar-refractivity contribution in [2.75, 3.05) is 10.5 Å². The molecule has 0 atom stereocenters. The van der Waals surface area contributed by atoms with Crippen LogP contribution in [0.15, 0.2) is 41.6 Å². The predicted octanol–water partition coefficient (Wildman–Crippen LogP) is 1.17. The minimum Gasteiger partial charge on any atom is -0.396 e. The van der Waals surface area contributed by atoms with Crippen molar-refractivity contribution in [3.05, 3.63) is 42.2 Å². The molecule has 0 radical (unpaired) electrons. The Balaban J connectivity index is 2.37. The summed E-state index contributed by atoms with van der Waals surface area (Å²) in [7, 11) is -3.81. The maximum absolute atomic E-state index is 12.0. The summed E-state index contributed by atoms with van der Waals surface area (Å²) >= 11 is 0. The molecule has 2 rings (SSSR count). The predicted molar refractivity (Wildman–Crippen MR) is 68.4 cm³/mol. The van der Waals surface area contributed by atoms with E-state index in [1.54, 1.807) is 31.2 Å². The van der Waals surface area contributed by atoms with Gasteiger partial charge >= 0.3 is 0 Å². The first-order valence-electron chi connectivity index (χ1n) is 5.16. The molecule has 0 saturated carbocycles. The third kappa shape index (κ3) is 2.57. The number of anilines is 2. The summed E-state index contributed by atoms with van der Waals surface area (Å²) in [5, 5.41) is -0.201. The van der Waals surface area contributed by atoms with Crippen LogP contribution < -0.4 is 10.5 Å². The smallest absolute Gasteiger partial charge is 0.282 e. The van der Waals surface area contributed by atoms with Crippen LogP contribution in [0.2, 0.25) is 0 Å². The third-order valence-corrected chi connectivity index (χ3v) is 3.51. The second kappa shape index (κ2) is 4.61. The Bertz CT molecular complexity index is 670. The third-order valence-electron chi connectivity index (χ3n) is 2.18. The van der Waals surface area contributed by atoms with Gasteiger partial charge in [-0.1, -0.05) is 6.07 Å². The minimum atomic E-state index is -3.81. The molecular weight excluding hydrogens is 252 g/mol. The van der Waals surface area contributed by atoms with Crippen LogP contribution in [0.3, 0.4) is 0 Å². The van der Waals surface area contributed by atoms with Crippen molar-refractivity contribution in [3.63, 3.8) is 0 Å². The zero-order valence-electron chi connectivity index (χ0n) is 9.66. The van der Waals surface area contributed by atoms with E-state index in [4.69, 9.17) is 5.73 Å². The number of nitrogens with one attached hydrogen (secondary N) is 1. The number of nitrogen functional groups attached to an aromatic ring is 1. The molecule has 18 heavy (non-hydrogen) atoms. The fraction of sp³-hybridized carbons (Fsp3) is 0.0909. The highest BCUT2D eigenvalue weighted by Gasteiger charge is 2.19. The average Bonchev–Trinajstić information content (AvgIpc) is 2.28. The Morgan fingerprint density at radius 3 is 2.67 bits per heavy atom. The Hall–Kier alpha value is -2.15. The number of pyridine rings is 2. The zero-order valence-corrected chi connectivity index (χ0v) is 10.5. The average molecular weight is 264 g/mol. The molecule has 2 aromatic rings. The Morgan fingerprint density at radius 1 is 1.22 bits per heavy atom. The number of aromatic nitrogens is 2. The van der Waals surface area contributed by atoms with Gasteiger partial charge in [0, 0.05) is 11.9 Å². The molecule has 94 valence electrons. The highest BCUT2D eigenvalue weighted by molar-refractivity contribution is 7.92. The van der Waals surface area contributed by atoms with Crippen molar-refractivity contribution in [1.29, 1.82) is 0 Å². The SMILES string of the molecule is Cc1cccc(NS(=O)(=O)c2ncccc2N)n1. The summed E-state index contributed by atoms with van der Waals surface area (Å²) in [5.41, 5.74) is 6.40. The first-order chi connectivity index (χ1) is 8.49. The van der Waals surface area contributed by atoms with Crippen LogP contribution >= 0.6 is 0 Å². The summed E-state index contributed by atoms with van der Waals surface area (Å²) in [4.78, 5) is 7.82. The summed E-state index contributed by atoms with van der Waals surface area (Å²) in [6, 6.07) is 8.09. The minimum absolute atomic E-state index is 0.0950. The van der Waals surface area contributed by atoms with E-state index in [-0.39, 0.29) is 16.5 Å². The molecule has 0 unspecified atom stereocenters. The van der Waals surface area contributed by atoms with Gasteiger partial charge in [-0.3, -0.25) is 4.72 Å². The first kappa shape index (κ1) is 12.3. The molecule has 3 N–H and O–H groups in total. The number of nitrogens with two attached hydrogens (primary N) is 1. The summed E-state index contributed by atoms with van der Waals surface area (Å²) in [6.07, 6.45) is 1.37. The van der Waals surface area contributed by atoms with E-state index in [1.807, 2.05) is 0 Å². The molecule has 0 spiro atoms. The van der Waals surface area contributed by atoms with Gasteiger partial charge in [-0.25, -0.2) is 9.97 Å². The standard InChI is InChI=1S/C11H12N4O2S/c1-8-4-2-6-10(14-8)15-18(16,17)11-9(12)5-3-7-13-11/h2-7H,12H2,1H3,(H,14,15). The van der Waals surface area contributed by atoms with Crippen molar-refractivity contribution in [2.45, 2.75) is 11.9 Å². The van der Waals surface area contributed by atoms with Crippen LogP contribution in [0.4, 0.5) is 11.5 Å². The molecule has 0 aliphatic rings. The number of sulfonamides is 1. The van der Waals surface area contributed by atoms with E-state index >= 15 is 0 Å². The van der Waals surface area contributed by atoms with Crippen molar-refractivity contribution < 1.29 is 8.42 Å². The van der Waals surface area contributed by atoms with E-state index in [9.17, 15) is 8.42 Å². The zero-order chi connectivity index (χ0) is 13.2. The monoisotopic (exact) mass is 264 g/mol. The largest absolute Gasteiger partial charge is 0.396 e. The Morgan fingerprint density at radius 2 is 2.00 bits per heavy atom. The summed E-state index contributed by atoms with van der Waals surface area (Å²) in [5.74, 6) is 0.236. The van der Waals surface area contributed by atoms with Gasteiger partial charge in [0.25, 0.3) is 10.0 Å². The molecule has 0 aliphatic heterocycles. The van der Waals surface area contributed by atoms with Crippen LogP contribution in [0.1, 0.15) is 5.69 Å². The Kier molecular flexibility index (Phi) is 3.15. The maximum Gasteiger partial charge on any atom is 0.282 e. The van der Waals surface area contributed by atoms with Crippen LogP contribution in [0.25, 0.3) is 0 Å². The van der Waals surface area contributed by atoms with Gasteiger partial charge in [-0.15, -0.1) is 0 Å². The lowest BCUT2D eigenvalue weighted by atomic mass is 10.4. The highest BCUT2D eigenvalue weighted by atomic mass is 32.2. The van der Waals surface area contributed by atoms with Crippen LogP contribution in [-0.4, -0.2) is 18.4 Å². The van der Waals surface area contributed by atoms with Crippen molar-refractivity contribution >= 4 is 21.5 Å². The molecule has 0 bridgehead atoms. The topological polar surface area (TPSA) is 98.0 Å². The van der Waals surface area contributed by atoms with Crippen molar-refractivity contribution in [1.82, 2.24) is 9.97 Å². The van der Waals surface area contributed by atoms with Crippen LogP contribution in [-0.2, 0) is 10.0 Å². The van der Waals surface area contributed by atoms with Crippen LogP contribution in [0, 0.1) is 6.92 Å². The molecule has 2 aromatic heterocycles. The highest BCUT2D eigenvalue weighted by Crippen LogP contribution is 2.17. The number of hydrogen-bond acceptors (Lipinski definition) is 5. The quantitative estimate of drug-likeness (QED) is 0.867. The van der Waals surface area contributed by atoms with Gasteiger partial charge in [-0.2, -0.15) is 8.42 Å². The first-order valence-corrected chi connectivity index (χ1v) is 6.64. The van der Waals surface area contributed by atoms with Crippen LogP contribution in [0.5, 0.6) is 0 Å². The van der Waals surface area contributed by atoms with E-state index in [1.165, 1.54) is 12.3 Å².